The smallest absolute Gasteiger partial charge is 0.314 e. The van der Waals surface area contributed by atoms with Crippen molar-refractivity contribution in [3.05, 3.63) is 54.1 Å². The molecule has 5 nitrogen and oxygen atoms in total. The molecule has 26 heavy (non-hydrogen) atoms. The van der Waals surface area contributed by atoms with Crippen molar-refractivity contribution in [3.63, 3.8) is 0 Å². The zero-order valence-corrected chi connectivity index (χ0v) is 14.1. The molecule has 0 aromatic heterocycles. The van der Waals surface area contributed by atoms with Crippen LogP contribution in [0.15, 0.2) is 42.5 Å². The van der Waals surface area contributed by atoms with E-state index in [1.54, 1.807) is 12.1 Å². The van der Waals surface area contributed by atoms with Crippen LogP contribution in [-0.2, 0) is 9.59 Å². The van der Waals surface area contributed by atoms with Gasteiger partial charge in [-0.15, -0.1) is 0 Å². The van der Waals surface area contributed by atoms with E-state index in [9.17, 15) is 18.4 Å². The second-order valence-corrected chi connectivity index (χ2v) is 6.13. The Morgan fingerprint density at radius 3 is 2.15 bits per heavy atom. The number of nitrogens with zero attached hydrogens (tertiary/aromatic N) is 1. The molecule has 3 rings (SSSR count). The fraction of sp³-hybridized carbons (Fsp3) is 0.263. The average molecular weight is 359 g/mol. The zero-order valence-electron chi connectivity index (χ0n) is 14.1. The van der Waals surface area contributed by atoms with Gasteiger partial charge in [-0.1, -0.05) is 0 Å². The third-order valence-electron chi connectivity index (χ3n) is 4.23. The van der Waals surface area contributed by atoms with Gasteiger partial charge in [0.1, 0.15) is 11.6 Å². The highest BCUT2D eigenvalue weighted by molar-refractivity contribution is 6.43. The highest BCUT2D eigenvalue weighted by Crippen LogP contribution is 2.22. The molecule has 0 unspecified atom stereocenters. The number of hydrogen-bond acceptors (Lipinski definition) is 3. The van der Waals surface area contributed by atoms with Gasteiger partial charge in [-0.25, -0.2) is 8.78 Å². The summed E-state index contributed by atoms with van der Waals surface area (Å²) in [6.45, 7) is 2.02. The fourth-order valence-electron chi connectivity index (χ4n) is 2.87. The third kappa shape index (κ3) is 4.36. The fourth-order valence-corrected chi connectivity index (χ4v) is 2.87. The summed E-state index contributed by atoms with van der Waals surface area (Å²) in [5.74, 6) is -3.68. The maximum atomic E-state index is 13.5. The van der Waals surface area contributed by atoms with E-state index in [4.69, 9.17) is 0 Å². The molecule has 1 fully saturated rings. The Morgan fingerprint density at radius 1 is 0.846 bits per heavy atom. The first kappa shape index (κ1) is 17.8. The van der Waals surface area contributed by atoms with E-state index in [0.29, 0.717) is 11.8 Å². The molecule has 0 spiro atoms. The molecular weight excluding hydrogens is 340 g/mol. The predicted octanol–water partition coefficient (Wildman–Crippen LogP) is 3.53. The summed E-state index contributed by atoms with van der Waals surface area (Å²) in [4.78, 5) is 26.1. The summed E-state index contributed by atoms with van der Waals surface area (Å²) in [7, 11) is 0. The number of benzene rings is 2. The van der Waals surface area contributed by atoms with Crippen LogP contribution in [-0.4, -0.2) is 24.9 Å². The standard InChI is InChI=1S/C19H19F2N3O2/c20-13-4-9-17(16(21)12-13)23-19(26)18(25)22-14-5-7-15(8-6-14)24-10-2-1-3-11-24/h4-9,12H,1-3,10-11H2,(H,22,25)(H,23,26). The van der Waals surface area contributed by atoms with E-state index in [2.05, 4.69) is 15.5 Å². The number of carbonyl (C=O) groups excluding carboxylic acids is 2. The van der Waals surface area contributed by atoms with Crippen molar-refractivity contribution < 1.29 is 18.4 Å². The molecule has 2 aromatic rings. The average Bonchev–Trinajstić information content (AvgIpc) is 2.65. The molecule has 1 aliphatic rings. The molecule has 2 amide bonds. The molecule has 1 aliphatic heterocycles. The lowest BCUT2D eigenvalue weighted by Crippen LogP contribution is -2.30. The van der Waals surface area contributed by atoms with E-state index >= 15 is 0 Å². The van der Waals surface area contributed by atoms with Crippen LogP contribution >= 0.6 is 0 Å². The molecule has 0 saturated carbocycles. The molecule has 2 N–H and O–H groups in total. The molecule has 0 aliphatic carbocycles. The number of piperidine rings is 1. The van der Waals surface area contributed by atoms with Crippen LogP contribution in [0.25, 0.3) is 0 Å². The number of carbonyl (C=O) groups is 2. The van der Waals surface area contributed by atoms with Crippen LogP contribution in [0.1, 0.15) is 19.3 Å². The minimum absolute atomic E-state index is 0.257. The van der Waals surface area contributed by atoms with Crippen LogP contribution in [0.5, 0.6) is 0 Å². The minimum atomic E-state index is -1.03. The zero-order chi connectivity index (χ0) is 18.5. The Morgan fingerprint density at radius 2 is 1.50 bits per heavy atom. The molecule has 0 radical (unpaired) electrons. The van der Waals surface area contributed by atoms with Gasteiger partial charge < -0.3 is 15.5 Å². The van der Waals surface area contributed by atoms with Gasteiger partial charge in [-0.2, -0.15) is 0 Å². The lowest BCUT2D eigenvalue weighted by molar-refractivity contribution is -0.133. The van der Waals surface area contributed by atoms with Crippen molar-refractivity contribution in [2.45, 2.75) is 19.3 Å². The van der Waals surface area contributed by atoms with Crippen molar-refractivity contribution in [1.82, 2.24) is 0 Å². The second kappa shape index (κ2) is 7.95. The molecule has 2 aromatic carbocycles. The van der Waals surface area contributed by atoms with Crippen LogP contribution in [0, 0.1) is 11.6 Å². The maximum absolute atomic E-state index is 13.5. The molecule has 0 atom stereocenters. The second-order valence-electron chi connectivity index (χ2n) is 6.13. The summed E-state index contributed by atoms with van der Waals surface area (Å²) < 4.78 is 26.4. The lowest BCUT2D eigenvalue weighted by atomic mass is 10.1. The van der Waals surface area contributed by atoms with E-state index in [-0.39, 0.29) is 5.69 Å². The molecule has 7 heteroatoms. The largest absolute Gasteiger partial charge is 0.372 e. The monoisotopic (exact) mass is 359 g/mol. The topological polar surface area (TPSA) is 61.4 Å². The van der Waals surface area contributed by atoms with E-state index in [0.717, 1.165) is 30.9 Å². The maximum Gasteiger partial charge on any atom is 0.314 e. The highest BCUT2D eigenvalue weighted by atomic mass is 19.1. The summed E-state index contributed by atoms with van der Waals surface area (Å²) in [5, 5.41) is 4.58. The third-order valence-corrected chi connectivity index (χ3v) is 4.23. The SMILES string of the molecule is O=C(Nc1ccc(N2CCCCC2)cc1)C(=O)Nc1ccc(F)cc1F. The number of anilines is 3. The first-order valence-corrected chi connectivity index (χ1v) is 8.45. The Bertz CT molecular complexity index is 803. The minimum Gasteiger partial charge on any atom is -0.372 e. The Labute approximate surface area is 150 Å². The first-order chi connectivity index (χ1) is 12.5. The van der Waals surface area contributed by atoms with Gasteiger partial charge >= 0.3 is 11.8 Å². The molecule has 1 heterocycles. The predicted molar refractivity (Wildman–Crippen MR) is 96.1 cm³/mol. The Kier molecular flexibility index (Phi) is 5.46. The summed E-state index contributed by atoms with van der Waals surface area (Å²) in [6, 6.07) is 9.89. The molecule has 0 bridgehead atoms. The Hall–Kier alpha value is -2.96. The van der Waals surface area contributed by atoms with Crippen molar-refractivity contribution in [2.75, 3.05) is 28.6 Å². The number of hydrogen-bond donors (Lipinski definition) is 2. The molecule has 136 valence electrons. The number of halogens is 2. The van der Waals surface area contributed by atoms with E-state index in [1.807, 2.05) is 12.1 Å². The summed E-state index contributed by atoms with van der Waals surface area (Å²) in [6.07, 6.45) is 3.58. The quantitative estimate of drug-likeness (QED) is 0.824. The highest BCUT2D eigenvalue weighted by Gasteiger charge is 2.17. The number of amides is 2. The van der Waals surface area contributed by atoms with Gasteiger partial charge in [0.05, 0.1) is 5.69 Å². The molecule has 1 saturated heterocycles. The van der Waals surface area contributed by atoms with Crippen molar-refractivity contribution in [3.8, 4) is 0 Å². The number of nitrogens with one attached hydrogen (secondary N) is 2. The van der Waals surface area contributed by atoms with Gasteiger partial charge in [0, 0.05) is 30.5 Å². The van der Waals surface area contributed by atoms with Crippen molar-refractivity contribution >= 4 is 28.9 Å². The normalized spacial score (nSPS) is 14.0. The lowest BCUT2D eigenvalue weighted by Gasteiger charge is -2.28. The first-order valence-electron chi connectivity index (χ1n) is 8.45. The van der Waals surface area contributed by atoms with Gasteiger partial charge in [0.2, 0.25) is 0 Å². The van der Waals surface area contributed by atoms with Gasteiger partial charge in [-0.3, -0.25) is 9.59 Å². The van der Waals surface area contributed by atoms with Crippen LogP contribution in [0.3, 0.4) is 0 Å². The van der Waals surface area contributed by atoms with Crippen LogP contribution in [0.2, 0.25) is 0 Å². The van der Waals surface area contributed by atoms with Crippen LogP contribution in [0.4, 0.5) is 25.8 Å². The van der Waals surface area contributed by atoms with Crippen LogP contribution < -0.4 is 15.5 Å². The van der Waals surface area contributed by atoms with Crippen molar-refractivity contribution in [2.24, 2.45) is 0 Å². The van der Waals surface area contributed by atoms with Gasteiger partial charge in [0.15, 0.2) is 0 Å². The summed E-state index contributed by atoms with van der Waals surface area (Å²) in [5.41, 5.74) is 1.28. The number of rotatable bonds is 3. The van der Waals surface area contributed by atoms with E-state index < -0.39 is 23.4 Å². The van der Waals surface area contributed by atoms with Gasteiger partial charge in [0.25, 0.3) is 0 Å². The molecular formula is C19H19F2N3O2. The van der Waals surface area contributed by atoms with Gasteiger partial charge in [-0.05, 0) is 55.7 Å². The summed E-state index contributed by atoms with van der Waals surface area (Å²) >= 11 is 0. The van der Waals surface area contributed by atoms with Crippen molar-refractivity contribution in [1.29, 1.82) is 0 Å². The Balaban J connectivity index is 1.59. The van der Waals surface area contributed by atoms with E-state index in [1.165, 1.54) is 19.3 Å².